The molecule has 0 bridgehead atoms. The third kappa shape index (κ3) is 4.49. The fourth-order valence-electron chi connectivity index (χ4n) is 4.37. The van der Waals surface area contributed by atoms with Crippen LogP contribution in [0.1, 0.15) is 35.0 Å². The van der Waals surface area contributed by atoms with Crippen molar-refractivity contribution in [3.05, 3.63) is 51.4 Å². The molecule has 3 aromatic rings. The average molecular weight is 483 g/mol. The molecule has 10 heteroatoms. The van der Waals surface area contributed by atoms with Gasteiger partial charge in [-0.1, -0.05) is 13.0 Å². The number of aromatic hydroxyl groups is 1. The van der Waals surface area contributed by atoms with Crippen LogP contribution in [0.25, 0.3) is 22.2 Å². The quantitative estimate of drug-likeness (QED) is 0.443. The normalized spacial score (nSPS) is 16.0. The number of carbonyl (C=O) groups is 1. The number of hydrogen-bond donors (Lipinski definition) is 4. The number of aryl methyl sites for hydroxylation is 1. The Kier molecular flexibility index (Phi) is 8.01. The molecule has 1 atom stereocenters. The number of nitrogens with two attached hydrogens (primary N) is 1. The van der Waals surface area contributed by atoms with E-state index in [0.29, 0.717) is 17.7 Å². The van der Waals surface area contributed by atoms with E-state index in [-0.39, 0.29) is 30.9 Å². The van der Waals surface area contributed by atoms with Gasteiger partial charge in [0, 0.05) is 54.9 Å². The molecule has 3 heterocycles. The molecule has 0 unspecified atom stereocenters. The van der Waals surface area contributed by atoms with Crippen LogP contribution in [0.5, 0.6) is 5.75 Å². The fraction of sp³-hybridized carbons (Fsp3) is 0.364. The first-order chi connectivity index (χ1) is 14.3. The van der Waals surface area contributed by atoms with E-state index in [0.717, 1.165) is 42.5 Å². The zero-order chi connectivity index (χ0) is 21.6. The third-order valence-corrected chi connectivity index (χ3v) is 5.98. The molecule has 1 aliphatic heterocycles. The Morgan fingerprint density at radius 3 is 2.59 bits per heavy atom. The van der Waals surface area contributed by atoms with Crippen LogP contribution in [0.2, 0.25) is 0 Å². The summed E-state index contributed by atoms with van der Waals surface area (Å²) in [5, 5.41) is 20.7. The predicted octanol–water partition coefficient (Wildman–Crippen LogP) is 2.88. The highest BCUT2D eigenvalue weighted by molar-refractivity contribution is 5.92. The molecule has 1 saturated heterocycles. The third-order valence-electron chi connectivity index (χ3n) is 5.98. The molecular formula is C22H28Cl2N4O4. The second kappa shape index (κ2) is 9.95. The van der Waals surface area contributed by atoms with E-state index in [4.69, 9.17) is 5.73 Å². The molecule has 8 nitrogen and oxygen atoms in total. The van der Waals surface area contributed by atoms with Gasteiger partial charge >= 0.3 is 5.97 Å². The van der Waals surface area contributed by atoms with Gasteiger partial charge in [0.15, 0.2) is 5.56 Å². The Bertz CT molecular complexity index is 1200. The number of aromatic carboxylic acids is 1. The summed E-state index contributed by atoms with van der Waals surface area (Å²) in [5.41, 5.74) is 8.40. The van der Waals surface area contributed by atoms with Crippen LogP contribution in [0.15, 0.2) is 29.1 Å². The fourth-order valence-corrected chi connectivity index (χ4v) is 4.37. The number of benzene rings is 1. The van der Waals surface area contributed by atoms with Gasteiger partial charge in [-0.15, -0.1) is 24.8 Å². The molecular weight excluding hydrogens is 455 g/mol. The summed E-state index contributed by atoms with van der Waals surface area (Å²) in [5.74, 6) is -1.91. The van der Waals surface area contributed by atoms with Gasteiger partial charge in [0.2, 0.25) is 0 Å². The van der Waals surface area contributed by atoms with E-state index < -0.39 is 22.8 Å². The van der Waals surface area contributed by atoms with Crippen LogP contribution >= 0.6 is 24.8 Å². The summed E-state index contributed by atoms with van der Waals surface area (Å²) >= 11 is 0. The molecule has 2 aromatic heterocycles. The highest BCUT2D eigenvalue weighted by Crippen LogP contribution is 2.32. The lowest BCUT2D eigenvalue weighted by molar-refractivity contribution is 0.0691. The molecule has 32 heavy (non-hydrogen) atoms. The van der Waals surface area contributed by atoms with Crippen molar-refractivity contribution in [1.82, 2.24) is 14.5 Å². The Balaban J connectivity index is 0.00000181. The molecule has 0 saturated carbocycles. The number of nitrogens with zero attached hydrogens (tertiary/aromatic N) is 2. The van der Waals surface area contributed by atoms with Gasteiger partial charge in [-0.05, 0) is 36.6 Å². The molecule has 174 valence electrons. The highest BCUT2D eigenvalue weighted by Gasteiger charge is 2.23. The maximum absolute atomic E-state index is 12.3. The number of H-pyrrole nitrogens is 1. The molecule has 4 rings (SSSR count). The number of halogens is 2. The SMILES string of the molecule is CCc1c(-c2ccc3c(c2)cc(CN2CC[C@H](N)C2)n3C)[nH]c(=O)c(C(=O)O)c1O.Cl.Cl. The van der Waals surface area contributed by atoms with E-state index >= 15 is 0 Å². The van der Waals surface area contributed by atoms with Crippen LogP contribution in [0.3, 0.4) is 0 Å². The van der Waals surface area contributed by atoms with Crippen LogP contribution < -0.4 is 11.3 Å². The molecule has 5 N–H and O–H groups in total. The van der Waals surface area contributed by atoms with Crippen LogP contribution in [-0.2, 0) is 20.0 Å². The Morgan fingerprint density at radius 2 is 2.00 bits per heavy atom. The second-order valence-electron chi connectivity index (χ2n) is 7.94. The number of likely N-dealkylation sites (tertiary alicyclic amines) is 1. The summed E-state index contributed by atoms with van der Waals surface area (Å²) < 4.78 is 2.15. The minimum Gasteiger partial charge on any atom is -0.506 e. The lowest BCUT2D eigenvalue weighted by atomic mass is 9.99. The average Bonchev–Trinajstić information content (AvgIpc) is 3.24. The first-order valence-electron chi connectivity index (χ1n) is 10.1. The Morgan fingerprint density at radius 1 is 1.28 bits per heavy atom. The van der Waals surface area contributed by atoms with Crippen molar-refractivity contribution in [1.29, 1.82) is 0 Å². The zero-order valence-electron chi connectivity index (χ0n) is 17.9. The van der Waals surface area contributed by atoms with E-state index in [1.54, 1.807) is 0 Å². The summed E-state index contributed by atoms with van der Waals surface area (Å²) in [6.07, 6.45) is 1.39. The van der Waals surface area contributed by atoms with Crippen molar-refractivity contribution < 1.29 is 15.0 Å². The largest absolute Gasteiger partial charge is 0.506 e. The maximum atomic E-state index is 12.3. The van der Waals surface area contributed by atoms with E-state index in [9.17, 15) is 19.8 Å². The second-order valence-corrected chi connectivity index (χ2v) is 7.94. The van der Waals surface area contributed by atoms with Gasteiger partial charge in [0.05, 0.1) is 5.69 Å². The number of carboxylic acid groups (broad SMARTS) is 1. The molecule has 1 aliphatic rings. The van der Waals surface area contributed by atoms with Crippen molar-refractivity contribution in [2.45, 2.75) is 32.4 Å². The summed E-state index contributed by atoms with van der Waals surface area (Å²) in [6, 6.07) is 8.17. The monoisotopic (exact) mass is 482 g/mol. The van der Waals surface area contributed by atoms with Gasteiger partial charge in [-0.25, -0.2) is 4.79 Å². The van der Waals surface area contributed by atoms with Gasteiger partial charge in [0.1, 0.15) is 5.75 Å². The number of rotatable bonds is 5. The minimum absolute atomic E-state index is 0. The van der Waals surface area contributed by atoms with Crippen molar-refractivity contribution in [2.24, 2.45) is 12.8 Å². The zero-order valence-corrected chi connectivity index (χ0v) is 19.6. The van der Waals surface area contributed by atoms with E-state index in [2.05, 4.69) is 20.5 Å². The smallest absolute Gasteiger partial charge is 0.345 e. The van der Waals surface area contributed by atoms with Crippen molar-refractivity contribution in [3.63, 3.8) is 0 Å². The summed E-state index contributed by atoms with van der Waals surface area (Å²) in [4.78, 5) is 28.6. The lowest BCUT2D eigenvalue weighted by Gasteiger charge is -2.15. The van der Waals surface area contributed by atoms with Gasteiger partial charge in [-0.2, -0.15) is 0 Å². The Labute approximate surface area is 197 Å². The first-order valence-corrected chi connectivity index (χ1v) is 10.1. The number of fused-ring (bicyclic) bond motifs is 1. The van der Waals surface area contributed by atoms with Gasteiger partial charge in [0.25, 0.3) is 5.56 Å². The van der Waals surface area contributed by atoms with E-state index in [1.807, 2.05) is 32.2 Å². The molecule has 1 fully saturated rings. The van der Waals surface area contributed by atoms with Crippen molar-refractivity contribution in [2.75, 3.05) is 13.1 Å². The summed E-state index contributed by atoms with van der Waals surface area (Å²) in [7, 11) is 2.03. The topological polar surface area (TPSA) is 125 Å². The highest BCUT2D eigenvalue weighted by atomic mass is 35.5. The van der Waals surface area contributed by atoms with Crippen LogP contribution in [0.4, 0.5) is 0 Å². The molecule has 0 amide bonds. The number of pyridine rings is 1. The predicted molar refractivity (Wildman–Crippen MR) is 129 cm³/mol. The molecule has 1 aromatic carbocycles. The van der Waals surface area contributed by atoms with Crippen molar-refractivity contribution in [3.8, 4) is 17.0 Å². The van der Waals surface area contributed by atoms with Crippen LogP contribution in [0, 0.1) is 0 Å². The van der Waals surface area contributed by atoms with Crippen molar-refractivity contribution >= 4 is 41.7 Å². The minimum atomic E-state index is -1.44. The number of carboxylic acids is 1. The molecule has 0 radical (unpaired) electrons. The van der Waals surface area contributed by atoms with E-state index in [1.165, 1.54) is 5.69 Å². The maximum Gasteiger partial charge on any atom is 0.345 e. The van der Waals surface area contributed by atoms with Crippen LogP contribution in [-0.4, -0.2) is 49.8 Å². The lowest BCUT2D eigenvalue weighted by Crippen LogP contribution is -2.26. The number of nitrogens with one attached hydrogen (secondary N) is 1. The number of hydrogen-bond acceptors (Lipinski definition) is 5. The molecule has 0 aliphatic carbocycles. The first kappa shape index (κ1) is 25.7. The number of aromatic nitrogens is 2. The Hall–Kier alpha value is -2.52. The summed E-state index contributed by atoms with van der Waals surface area (Å²) in [6.45, 7) is 4.51. The van der Waals surface area contributed by atoms with Gasteiger partial charge in [-0.3, -0.25) is 9.69 Å². The standard InChI is InChI=1S/C22H26N4O4.2ClH/c1-3-16-19(24-21(28)18(20(16)27)22(29)30)12-4-5-17-13(8-12)9-15(25(17)2)11-26-7-6-14(23)10-26;;/h4-5,8-9,14H,3,6-7,10-11,23H2,1-2H3,(H,29,30)(H2,24,27,28);2*1H/t14-;;/m0../s1. The van der Waals surface area contributed by atoms with Gasteiger partial charge < -0.3 is 25.5 Å². The number of aromatic amines is 1. The molecule has 0 spiro atoms.